The molecule has 0 fully saturated rings. The lowest BCUT2D eigenvalue weighted by Gasteiger charge is -2.26. The first kappa shape index (κ1) is 11.9. The van der Waals surface area contributed by atoms with Crippen LogP contribution in [0, 0.1) is 6.92 Å². The number of nitrogens with zero attached hydrogens (tertiary/aromatic N) is 2. The Morgan fingerprint density at radius 2 is 2.33 bits per heavy atom. The molecule has 1 rings (SSSR count). The molecule has 0 radical (unpaired) electrons. The molecule has 1 atom stereocenters. The predicted octanol–water partition coefficient (Wildman–Crippen LogP) is 1.89. The van der Waals surface area contributed by atoms with E-state index in [0.29, 0.717) is 11.0 Å². The minimum absolute atomic E-state index is 0.310. The molecule has 1 aromatic rings. The van der Waals surface area contributed by atoms with Gasteiger partial charge in [-0.1, -0.05) is 12.2 Å². The minimum atomic E-state index is 0.310. The summed E-state index contributed by atoms with van der Waals surface area (Å²) in [6.45, 7) is 4.09. The van der Waals surface area contributed by atoms with Crippen molar-refractivity contribution in [3.05, 3.63) is 24.0 Å². The van der Waals surface area contributed by atoms with E-state index in [1.807, 2.05) is 26.2 Å². The Balaban J connectivity index is 2.75. The quantitative estimate of drug-likeness (QED) is 0.792. The van der Waals surface area contributed by atoms with Crippen molar-refractivity contribution in [3.8, 4) is 0 Å². The number of pyridine rings is 1. The summed E-state index contributed by atoms with van der Waals surface area (Å²) in [5.41, 5.74) is 7.69. The van der Waals surface area contributed by atoms with Gasteiger partial charge in [0.05, 0.1) is 4.99 Å². The fourth-order valence-electron chi connectivity index (χ4n) is 1.43. The van der Waals surface area contributed by atoms with Crippen LogP contribution in [0.15, 0.2) is 18.3 Å². The van der Waals surface area contributed by atoms with Crippen LogP contribution in [-0.4, -0.2) is 23.1 Å². The molecular formula is C11H17N3S. The van der Waals surface area contributed by atoms with E-state index in [0.717, 1.165) is 17.8 Å². The molecule has 1 unspecified atom stereocenters. The second-order valence-electron chi connectivity index (χ2n) is 3.79. The Labute approximate surface area is 96.3 Å². The number of thiocarbonyl (C=S) groups is 1. The highest BCUT2D eigenvalue weighted by molar-refractivity contribution is 7.80. The van der Waals surface area contributed by atoms with Crippen LogP contribution in [0.5, 0.6) is 0 Å². The summed E-state index contributed by atoms with van der Waals surface area (Å²) in [6, 6.07) is 4.35. The van der Waals surface area contributed by atoms with Crippen LogP contribution in [0.25, 0.3) is 0 Å². The molecule has 0 aliphatic carbocycles. The third kappa shape index (κ3) is 3.47. The number of aromatic nitrogens is 1. The molecule has 15 heavy (non-hydrogen) atoms. The van der Waals surface area contributed by atoms with Crippen molar-refractivity contribution in [1.82, 2.24) is 4.98 Å². The van der Waals surface area contributed by atoms with E-state index in [9.17, 15) is 0 Å². The lowest BCUT2D eigenvalue weighted by molar-refractivity contribution is 0.714. The van der Waals surface area contributed by atoms with Crippen LogP contribution < -0.4 is 10.6 Å². The molecule has 0 aromatic carbocycles. The summed E-state index contributed by atoms with van der Waals surface area (Å²) in [6.07, 6.45) is 2.54. The third-order valence-electron chi connectivity index (χ3n) is 2.45. The van der Waals surface area contributed by atoms with Gasteiger partial charge in [-0.2, -0.15) is 0 Å². The van der Waals surface area contributed by atoms with Gasteiger partial charge in [-0.15, -0.1) is 0 Å². The average Bonchev–Trinajstić information content (AvgIpc) is 2.15. The molecule has 3 nitrogen and oxygen atoms in total. The molecule has 0 amide bonds. The summed E-state index contributed by atoms with van der Waals surface area (Å²) >= 11 is 4.91. The van der Waals surface area contributed by atoms with Crippen LogP contribution in [0.1, 0.15) is 19.0 Å². The van der Waals surface area contributed by atoms with E-state index >= 15 is 0 Å². The van der Waals surface area contributed by atoms with Crippen LogP contribution in [-0.2, 0) is 0 Å². The van der Waals surface area contributed by atoms with E-state index in [-0.39, 0.29) is 0 Å². The van der Waals surface area contributed by atoms with Crippen molar-refractivity contribution in [3.63, 3.8) is 0 Å². The van der Waals surface area contributed by atoms with Crippen LogP contribution >= 0.6 is 12.2 Å². The van der Waals surface area contributed by atoms with Crippen molar-refractivity contribution in [1.29, 1.82) is 0 Å². The molecule has 1 heterocycles. The molecule has 0 saturated heterocycles. The molecule has 0 saturated carbocycles. The second kappa shape index (κ2) is 5.07. The second-order valence-corrected chi connectivity index (χ2v) is 4.31. The number of aryl methyl sites for hydroxylation is 1. The normalized spacial score (nSPS) is 12.2. The van der Waals surface area contributed by atoms with Gasteiger partial charge in [0.1, 0.15) is 0 Å². The zero-order chi connectivity index (χ0) is 11.4. The third-order valence-corrected chi connectivity index (χ3v) is 2.61. The maximum atomic E-state index is 5.53. The van der Waals surface area contributed by atoms with E-state index in [2.05, 4.69) is 22.9 Å². The average molecular weight is 223 g/mol. The van der Waals surface area contributed by atoms with E-state index in [1.165, 1.54) is 0 Å². The largest absolute Gasteiger partial charge is 0.393 e. The summed E-state index contributed by atoms with van der Waals surface area (Å²) in [5, 5.41) is 0. The van der Waals surface area contributed by atoms with E-state index < -0.39 is 0 Å². The summed E-state index contributed by atoms with van der Waals surface area (Å²) in [5.74, 6) is 0. The lowest BCUT2D eigenvalue weighted by Crippen LogP contribution is -2.32. The minimum Gasteiger partial charge on any atom is -0.393 e. The number of anilines is 1. The van der Waals surface area contributed by atoms with Crippen molar-refractivity contribution < 1.29 is 0 Å². The van der Waals surface area contributed by atoms with Gasteiger partial charge in [-0.25, -0.2) is 0 Å². The van der Waals surface area contributed by atoms with Gasteiger partial charge in [0.2, 0.25) is 0 Å². The Morgan fingerprint density at radius 3 is 2.87 bits per heavy atom. The SMILES string of the molecule is Cc1cc(N(C)C(C)CC(N)=S)ccn1. The van der Waals surface area contributed by atoms with Gasteiger partial charge in [0, 0.05) is 37.1 Å². The molecular weight excluding hydrogens is 206 g/mol. The van der Waals surface area contributed by atoms with Gasteiger partial charge < -0.3 is 10.6 Å². The first-order valence-electron chi connectivity index (χ1n) is 4.94. The molecule has 2 N–H and O–H groups in total. The zero-order valence-corrected chi connectivity index (χ0v) is 10.2. The smallest absolute Gasteiger partial charge is 0.0747 e. The molecule has 0 aliphatic heterocycles. The Kier molecular flexibility index (Phi) is 4.03. The van der Waals surface area contributed by atoms with Crippen molar-refractivity contribution >= 4 is 22.9 Å². The van der Waals surface area contributed by atoms with Crippen LogP contribution in [0.4, 0.5) is 5.69 Å². The standard InChI is InChI=1S/C11H17N3S/c1-8-6-10(4-5-13-8)14(3)9(2)7-11(12)15/h4-6,9H,7H2,1-3H3,(H2,12,15). The van der Waals surface area contributed by atoms with E-state index in [4.69, 9.17) is 18.0 Å². The number of hydrogen-bond acceptors (Lipinski definition) is 3. The molecule has 1 aromatic heterocycles. The Morgan fingerprint density at radius 1 is 1.67 bits per heavy atom. The fraction of sp³-hybridized carbons (Fsp3) is 0.455. The Bertz CT molecular complexity index is 351. The fourth-order valence-corrected chi connectivity index (χ4v) is 1.67. The summed E-state index contributed by atoms with van der Waals surface area (Å²) in [7, 11) is 2.04. The van der Waals surface area contributed by atoms with Crippen molar-refractivity contribution in [2.45, 2.75) is 26.3 Å². The number of rotatable bonds is 4. The molecule has 0 aliphatic rings. The number of hydrogen-bond donors (Lipinski definition) is 1. The van der Waals surface area contributed by atoms with Gasteiger partial charge >= 0.3 is 0 Å². The molecule has 82 valence electrons. The highest BCUT2D eigenvalue weighted by Gasteiger charge is 2.10. The highest BCUT2D eigenvalue weighted by Crippen LogP contribution is 2.16. The van der Waals surface area contributed by atoms with Gasteiger partial charge in [0.25, 0.3) is 0 Å². The zero-order valence-electron chi connectivity index (χ0n) is 9.40. The Hall–Kier alpha value is -1.16. The molecule has 0 bridgehead atoms. The molecule has 0 spiro atoms. The summed E-state index contributed by atoms with van der Waals surface area (Å²) < 4.78 is 0. The first-order valence-corrected chi connectivity index (χ1v) is 5.35. The topological polar surface area (TPSA) is 42.1 Å². The van der Waals surface area contributed by atoms with Gasteiger partial charge in [-0.3, -0.25) is 4.98 Å². The van der Waals surface area contributed by atoms with Crippen molar-refractivity contribution in [2.24, 2.45) is 5.73 Å². The van der Waals surface area contributed by atoms with Crippen LogP contribution in [0.3, 0.4) is 0 Å². The first-order chi connectivity index (χ1) is 7.00. The summed E-state index contributed by atoms with van der Waals surface area (Å²) in [4.78, 5) is 6.88. The maximum absolute atomic E-state index is 5.53. The monoisotopic (exact) mass is 223 g/mol. The van der Waals surface area contributed by atoms with Gasteiger partial charge in [0.15, 0.2) is 0 Å². The predicted molar refractivity (Wildman–Crippen MR) is 68.2 cm³/mol. The van der Waals surface area contributed by atoms with Gasteiger partial charge in [-0.05, 0) is 26.0 Å². The maximum Gasteiger partial charge on any atom is 0.0747 e. The lowest BCUT2D eigenvalue weighted by atomic mass is 10.2. The van der Waals surface area contributed by atoms with Crippen molar-refractivity contribution in [2.75, 3.05) is 11.9 Å². The van der Waals surface area contributed by atoms with Crippen LogP contribution in [0.2, 0.25) is 0 Å². The highest BCUT2D eigenvalue weighted by atomic mass is 32.1. The van der Waals surface area contributed by atoms with E-state index in [1.54, 1.807) is 0 Å². The molecule has 4 heteroatoms. The number of nitrogens with two attached hydrogens (primary N) is 1.